The summed E-state index contributed by atoms with van der Waals surface area (Å²) in [5, 5.41) is 2.96. The van der Waals surface area contributed by atoms with Crippen molar-refractivity contribution in [2.24, 2.45) is 0 Å². The predicted octanol–water partition coefficient (Wildman–Crippen LogP) is 3.64. The van der Waals surface area contributed by atoms with E-state index >= 15 is 0 Å². The fourth-order valence-corrected chi connectivity index (χ4v) is 3.34. The third kappa shape index (κ3) is 2.81. The quantitative estimate of drug-likeness (QED) is 0.938. The van der Waals surface area contributed by atoms with Gasteiger partial charge in [-0.1, -0.05) is 12.1 Å². The lowest BCUT2D eigenvalue weighted by atomic mass is 10.0. The van der Waals surface area contributed by atoms with E-state index < -0.39 is 0 Å². The minimum absolute atomic E-state index is 0.0283. The molecule has 4 rings (SSSR count). The number of aromatic nitrogens is 1. The zero-order chi connectivity index (χ0) is 15.8. The summed E-state index contributed by atoms with van der Waals surface area (Å²) in [7, 11) is 1.66. The van der Waals surface area contributed by atoms with Crippen LogP contribution in [0.15, 0.2) is 36.5 Å². The number of methoxy groups -OCH3 is 1. The van der Waals surface area contributed by atoms with Gasteiger partial charge < -0.3 is 10.1 Å². The molecule has 118 valence electrons. The number of carbonyl (C=O) groups is 1. The first-order valence-corrected chi connectivity index (χ1v) is 8.18. The fourth-order valence-electron chi connectivity index (χ4n) is 3.34. The number of amides is 1. The number of nitrogens with one attached hydrogen (secondary N) is 1. The summed E-state index contributed by atoms with van der Waals surface area (Å²) in [5.74, 6) is 2.11. The SMILES string of the molecule is COc1ccc2c(c1)CCC2C(=O)Nc1ccc(C2CC2)cn1. The Morgan fingerprint density at radius 3 is 2.78 bits per heavy atom. The number of rotatable bonds is 4. The van der Waals surface area contributed by atoms with Gasteiger partial charge in [-0.3, -0.25) is 4.79 Å². The number of hydrogen-bond donors (Lipinski definition) is 1. The second-order valence-corrected chi connectivity index (χ2v) is 6.40. The van der Waals surface area contributed by atoms with Gasteiger partial charge in [-0.15, -0.1) is 0 Å². The van der Waals surface area contributed by atoms with Gasteiger partial charge in [0.05, 0.1) is 13.0 Å². The van der Waals surface area contributed by atoms with Gasteiger partial charge in [0.2, 0.25) is 5.91 Å². The number of nitrogens with zero attached hydrogens (tertiary/aromatic N) is 1. The molecule has 1 amide bonds. The van der Waals surface area contributed by atoms with Crippen molar-refractivity contribution in [2.75, 3.05) is 12.4 Å². The van der Waals surface area contributed by atoms with E-state index in [1.165, 1.54) is 24.0 Å². The van der Waals surface area contributed by atoms with E-state index in [2.05, 4.69) is 16.4 Å². The van der Waals surface area contributed by atoms with E-state index in [1.54, 1.807) is 7.11 Å². The molecule has 2 aromatic rings. The summed E-state index contributed by atoms with van der Waals surface area (Å²) in [6.45, 7) is 0. The van der Waals surface area contributed by atoms with Crippen LogP contribution in [-0.2, 0) is 11.2 Å². The van der Waals surface area contributed by atoms with Gasteiger partial charge in [-0.2, -0.15) is 0 Å². The molecule has 0 saturated heterocycles. The summed E-state index contributed by atoms with van der Waals surface area (Å²) in [4.78, 5) is 17.0. The molecule has 2 aliphatic carbocycles. The highest BCUT2D eigenvalue weighted by Crippen LogP contribution is 2.40. The number of benzene rings is 1. The molecule has 1 heterocycles. The molecule has 0 spiro atoms. The van der Waals surface area contributed by atoms with Crippen molar-refractivity contribution in [1.29, 1.82) is 0 Å². The molecule has 2 aliphatic rings. The van der Waals surface area contributed by atoms with E-state index in [1.807, 2.05) is 30.5 Å². The highest BCUT2D eigenvalue weighted by Gasteiger charge is 2.29. The molecule has 1 unspecified atom stereocenters. The predicted molar refractivity (Wildman–Crippen MR) is 88.9 cm³/mol. The molecular formula is C19H20N2O2. The van der Waals surface area contributed by atoms with Gasteiger partial charge in [0.25, 0.3) is 0 Å². The minimum atomic E-state index is -0.0965. The van der Waals surface area contributed by atoms with Gasteiger partial charge in [-0.25, -0.2) is 4.98 Å². The van der Waals surface area contributed by atoms with Crippen LogP contribution in [0.4, 0.5) is 5.82 Å². The molecule has 1 fully saturated rings. The van der Waals surface area contributed by atoms with Crippen molar-refractivity contribution in [3.63, 3.8) is 0 Å². The van der Waals surface area contributed by atoms with Crippen molar-refractivity contribution < 1.29 is 9.53 Å². The van der Waals surface area contributed by atoms with E-state index in [9.17, 15) is 4.79 Å². The Morgan fingerprint density at radius 1 is 1.22 bits per heavy atom. The topological polar surface area (TPSA) is 51.2 Å². The number of pyridine rings is 1. The number of anilines is 1. The molecule has 1 N–H and O–H groups in total. The second-order valence-electron chi connectivity index (χ2n) is 6.40. The lowest BCUT2D eigenvalue weighted by Gasteiger charge is -2.12. The Morgan fingerprint density at radius 2 is 2.09 bits per heavy atom. The van der Waals surface area contributed by atoms with E-state index in [4.69, 9.17) is 4.74 Å². The number of aryl methyl sites for hydroxylation is 1. The third-order valence-corrected chi connectivity index (χ3v) is 4.83. The largest absolute Gasteiger partial charge is 0.497 e. The monoisotopic (exact) mass is 308 g/mol. The smallest absolute Gasteiger partial charge is 0.233 e. The van der Waals surface area contributed by atoms with E-state index in [-0.39, 0.29) is 11.8 Å². The summed E-state index contributed by atoms with van der Waals surface area (Å²) in [5.41, 5.74) is 3.60. The van der Waals surface area contributed by atoms with Crippen molar-refractivity contribution in [3.05, 3.63) is 53.2 Å². The first-order valence-electron chi connectivity index (χ1n) is 8.18. The van der Waals surface area contributed by atoms with Crippen molar-refractivity contribution >= 4 is 11.7 Å². The van der Waals surface area contributed by atoms with Crippen molar-refractivity contribution in [2.45, 2.75) is 37.5 Å². The van der Waals surface area contributed by atoms with Crippen LogP contribution in [-0.4, -0.2) is 18.0 Å². The van der Waals surface area contributed by atoms with Crippen LogP contribution in [0.25, 0.3) is 0 Å². The molecular weight excluding hydrogens is 288 g/mol. The van der Waals surface area contributed by atoms with Crippen molar-refractivity contribution in [3.8, 4) is 5.75 Å². The second kappa shape index (κ2) is 5.69. The molecule has 0 radical (unpaired) electrons. The molecule has 1 aromatic heterocycles. The molecule has 1 saturated carbocycles. The van der Waals surface area contributed by atoms with Gasteiger partial charge in [0.15, 0.2) is 0 Å². The first-order chi connectivity index (χ1) is 11.2. The zero-order valence-corrected chi connectivity index (χ0v) is 13.2. The molecule has 1 aromatic carbocycles. The number of fused-ring (bicyclic) bond motifs is 1. The highest BCUT2D eigenvalue weighted by molar-refractivity contribution is 5.95. The van der Waals surface area contributed by atoms with Crippen LogP contribution in [0.5, 0.6) is 5.75 Å². The number of carbonyl (C=O) groups excluding carboxylic acids is 1. The maximum Gasteiger partial charge on any atom is 0.233 e. The molecule has 23 heavy (non-hydrogen) atoms. The Labute approximate surface area is 135 Å². The summed E-state index contributed by atoms with van der Waals surface area (Å²) in [6.07, 6.45) is 6.17. The first kappa shape index (κ1) is 14.2. The summed E-state index contributed by atoms with van der Waals surface area (Å²) >= 11 is 0. The van der Waals surface area contributed by atoms with E-state index in [0.29, 0.717) is 11.7 Å². The molecule has 1 atom stereocenters. The Hall–Kier alpha value is -2.36. The standard InChI is InChI=1S/C19H20N2O2/c1-23-15-6-8-16-13(10-15)4-7-17(16)19(22)21-18-9-5-14(11-20-18)12-2-3-12/h5-6,8-12,17H,2-4,7H2,1H3,(H,20,21,22). The van der Waals surface area contributed by atoms with Crippen LogP contribution >= 0.6 is 0 Å². The van der Waals surface area contributed by atoms with Crippen molar-refractivity contribution in [1.82, 2.24) is 4.98 Å². The Balaban J connectivity index is 1.48. The fraction of sp³-hybridized carbons (Fsp3) is 0.368. The normalized spacial score (nSPS) is 19.3. The third-order valence-electron chi connectivity index (χ3n) is 4.83. The highest BCUT2D eigenvalue weighted by atomic mass is 16.5. The average Bonchev–Trinajstić information content (AvgIpc) is 3.34. The van der Waals surface area contributed by atoms with Gasteiger partial charge in [0.1, 0.15) is 11.6 Å². The van der Waals surface area contributed by atoms with E-state index in [0.717, 1.165) is 24.2 Å². The van der Waals surface area contributed by atoms with Gasteiger partial charge in [-0.05, 0) is 66.5 Å². The Bertz CT molecular complexity index is 736. The van der Waals surface area contributed by atoms with Crippen LogP contribution in [0, 0.1) is 0 Å². The lowest BCUT2D eigenvalue weighted by molar-refractivity contribution is -0.117. The van der Waals surface area contributed by atoms with Crippen LogP contribution in [0.1, 0.15) is 47.8 Å². The maximum absolute atomic E-state index is 12.6. The van der Waals surface area contributed by atoms with Crippen LogP contribution in [0.2, 0.25) is 0 Å². The van der Waals surface area contributed by atoms with Gasteiger partial charge >= 0.3 is 0 Å². The minimum Gasteiger partial charge on any atom is -0.497 e. The van der Waals surface area contributed by atoms with Crippen LogP contribution < -0.4 is 10.1 Å². The summed E-state index contributed by atoms with van der Waals surface area (Å²) < 4.78 is 5.26. The number of hydrogen-bond acceptors (Lipinski definition) is 3. The molecule has 4 nitrogen and oxygen atoms in total. The molecule has 0 aliphatic heterocycles. The van der Waals surface area contributed by atoms with Crippen LogP contribution in [0.3, 0.4) is 0 Å². The van der Waals surface area contributed by atoms with Gasteiger partial charge in [0, 0.05) is 6.20 Å². The number of ether oxygens (including phenoxy) is 1. The lowest BCUT2D eigenvalue weighted by Crippen LogP contribution is -2.20. The zero-order valence-electron chi connectivity index (χ0n) is 13.2. The summed E-state index contributed by atoms with van der Waals surface area (Å²) in [6, 6.07) is 9.95. The average molecular weight is 308 g/mol. The maximum atomic E-state index is 12.6. The molecule has 4 heteroatoms. The molecule has 0 bridgehead atoms. The Kier molecular flexibility index (Phi) is 3.52.